The Kier molecular flexibility index (Phi) is 4.12. The average molecular weight is 236 g/mol. The summed E-state index contributed by atoms with van der Waals surface area (Å²) in [6.45, 7) is 7.43. The van der Waals surface area contributed by atoms with Gasteiger partial charge in [0.05, 0.1) is 12.1 Å². The van der Waals surface area contributed by atoms with Crippen LogP contribution in [0.5, 0.6) is 0 Å². The van der Waals surface area contributed by atoms with Gasteiger partial charge in [-0.25, -0.2) is 4.79 Å². The van der Waals surface area contributed by atoms with Crippen LogP contribution < -0.4 is 10.6 Å². The molecule has 0 radical (unpaired) electrons. The SMILES string of the molecule is Cc1ccc(NC(=O)NC(C)(C)CO)cc1C. The molecule has 0 aliphatic heterocycles. The summed E-state index contributed by atoms with van der Waals surface area (Å²) in [6.07, 6.45) is 0. The van der Waals surface area contributed by atoms with E-state index < -0.39 is 5.54 Å². The number of hydrogen-bond donors (Lipinski definition) is 3. The first-order valence-electron chi connectivity index (χ1n) is 5.61. The molecule has 0 saturated carbocycles. The van der Waals surface area contributed by atoms with Crippen molar-refractivity contribution >= 4 is 11.7 Å². The maximum absolute atomic E-state index is 11.6. The molecule has 4 heteroatoms. The van der Waals surface area contributed by atoms with Gasteiger partial charge in [-0.1, -0.05) is 6.07 Å². The molecule has 1 aromatic rings. The van der Waals surface area contributed by atoms with E-state index in [2.05, 4.69) is 10.6 Å². The molecule has 3 N–H and O–H groups in total. The van der Waals surface area contributed by atoms with Crippen molar-refractivity contribution in [3.8, 4) is 0 Å². The van der Waals surface area contributed by atoms with Gasteiger partial charge < -0.3 is 15.7 Å². The molecule has 94 valence electrons. The van der Waals surface area contributed by atoms with Gasteiger partial charge in [-0.3, -0.25) is 0 Å². The molecule has 0 fully saturated rings. The molecule has 0 heterocycles. The lowest BCUT2D eigenvalue weighted by atomic mass is 10.1. The summed E-state index contributed by atoms with van der Waals surface area (Å²) in [4.78, 5) is 11.6. The molecule has 0 atom stereocenters. The zero-order valence-corrected chi connectivity index (χ0v) is 10.8. The first-order valence-corrected chi connectivity index (χ1v) is 5.61. The number of rotatable bonds is 3. The predicted molar refractivity (Wildman–Crippen MR) is 69.2 cm³/mol. The second-order valence-electron chi connectivity index (χ2n) is 4.92. The molecule has 1 aromatic carbocycles. The number of benzene rings is 1. The largest absolute Gasteiger partial charge is 0.394 e. The maximum atomic E-state index is 11.6. The number of anilines is 1. The van der Waals surface area contributed by atoms with E-state index in [1.54, 1.807) is 13.8 Å². The molecule has 0 aliphatic rings. The summed E-state index contributed by atoms with van der Waals surface area (Å²) in [5.41, 5.74) is 2.44. The molecule has 17 heavy (non-hydrogen) atoms. The minimum atomic E-state index is -0.621. The molecule has 0 unspecified atom stereocenters. The van der Waals surface area contributed by atoms with Crippen LogP contribution in [-0.2, 0) is 0 Å². The van der Waals surface area contributed by atoms with Crippen molar-refractivity contribution in [2.24, 2.45) is 0 Å². The molecule has 0 spiro atoms. The van der Waals surface area contributed by atoms with Gasteiger partial charge in [0.15, 0.2) is 0 Å². The summed E-state index contributed by atoms with van der Waals surface area (Å²) in [5.74, 6) is 0. The number of aliphatic hydroxyl groups excluding tert-OH is 1. The Labute approximate surface area is 102 Å². The van der Waals surface area contributed by atoms with E-state index in [1.165, 1.54) is 5.56 Å². The van der Waals surface area contributed by atoms with Crippen molar-refractivity contribution in [2.75, 3.05) is 11.9 Å². The number of aliphatic hydroxyl groups is 1. The molecule has 0 aliphatic carbocycles. The van der Waals surface area contributed by atoms with Crippen molar-refractivity contribution < 1.29 is 9.90 Å². The van der Waals surface area contributed by atoms with Crippen LogP contribution in [0.25, 0.3) is 0 Å². The topological polar surface area (TPSA) is 61.4 Å². The molecule has 2 amide bonds. The van der Waals surface area contributed by atoms with E-state index in [0.717, 1.165) is 11.3 Å². The Bertz CT molecular complexity index is 414. The van der Waals surface area contributed by atoms with Crippen LogP contribution in [0.3, 0.4) is 0 Å². The summed E-state index contributed by atoms with van der Waals surface area (Å²) in [6, 6.07) is 5.42. The Morgan fingerprint density at radius 3 is 2.47 bits per heavy atom. The lowest BCUT2D eigenvalue weighted by Gasteiger charge is -2.23. The number of carbonyl (C=O) groups is 1. The third-order valence-corrected chi connectivity index (χ3v) is 2.61. The summed E-state index contributed by atoms with van der Waals surface area (Å²) < 4.78 is 0. The molecular weight excluding hydrogens is 216 g/mol. The maximum Gasteiger partial charge on any atom is 0.319 e. The Hall–Kier alpha value is -1.55. The van der Waals surface area contributed by atoms with Crippen molar-refractivity contribution in [1.29, 1.82) is 0 Å². The van der Waals surface area contributed by atoms with Crippen molar-refractivity contribution in [3.05, 3.63) is 29.3 Å². The monoisotopic (exact) mass is 236 g/mol. The van der Waals surface area contributed by atoms with Gasteiger partial charge >= 0.3 is 6.03 Å². The molecular formula is C13H20N2O2. The van der Waals surface area contributed by atoms with Crippen molar-refractivity contribution in [3.63, 3.8) is 0 Å². The highest BCUT2D eigenvalue weighted by Gasteiger charge is 2.18. The lowest BCUT2D eigenvalue weighted by Crippen LogP contribution is -2.48. The minimum absolute atomic E-state index is 0.104. The van der Waals surface area contributed by atoms with Crippen LogP contribution in [0.2, 0.25) is 0 Å². The van der Waals surface area contributed by atoms with Crippen molar-refractivity contribution in [2.45, 2.75) is 33.2 Å². The van der Waals surface area contributed by atoms with E-state index in [4.69, 9.17) is 5.11 Å². The van der Waals surface area contributed by atoms with Gasteiger partial charge in [-0.05, 0) is 51.0 Å². The van der Waals surface area contributed by atoms with Crippen LogP contribution in [0, 0.1) is 13.8 Å². The number of urea groups is 1. The molecule has 0 saturated heterocycles. The van der Waals surface area contributed by atoms with E-state index >= 15 is 0 Å². The van der Waals surface area contributed by atoms with Gasteiger partial charge in [0.25, 0.3) is 0 Å². The van der Waals surface area contributed by atoms with Crippen LogP contribution in [0.4, 0.5) is 10.5 Å². The Morgan fingerprint density at radius 1 is 1.29 bits per heavy atom. The summed E-state index contributed by atoms with van der Waals surface area (Å²) in [5, 5.41) is 14.5. The van der Waals surface area contributed by atoms with E-state index in [0.29, 0.717) is 0 Å². The highest BCUT2D eigenvalue weighted by molar-refractivity contribution is 5.89. The average Bonchev–Trinajstić information content (AvgIpc) is 2.23. The number of nitrogens with one attached hydrogen (secondary N) is 2. The molecule has 0 bridgehead atoms. The number of aryl methyl sites for hydroxylation is 2. The van der Waals surface area contributed by atoms with Gasteiger partial charge in [0, 0.05) is 5.69 Å². The van der Waals surface area contributed by atoms with Gasteiger partial charge in [0.1, 0.15) is 0 Å². The first-order chi connectivity index (χ1) is 7.84. The molecule has 1 rings (SSSR count). The molecule has 4 nitrogen and oxygen atoms in total. The van der Waals surface area contributed by atoms with Crippen LogP contribution in [-0.4, -0.2) is 23.3 Å². The Morgan fingerprint density at radius 2 is 1.94 bits per heavy atom. The highest BCUT2D eigenvalue weighted by Crippen LogP contribution is 2.14. The molecule has 0 aromatic heterocycles. The van der Waals surface area contributed by atoms with Crippen LogP contribution >= 0.6 is 0 Å². The van der Waals surface area contributed by atoms with E-state index in [-0.39, 0.29) is 12.6 Å². The fourth-order valence-electron chi connectivity index (χ4n) is 1.33. The lowest BCUT2D eigenvalue weighted by molar-refractivity contribution is 0.187. The zero-order chi connectivity index (χ0) is 13.1. The summed E-state index contributed by atoms with van der Waals surface area (Å²) >= 11 is 0. The van der Waals surface area contributed by atoms with Crippen LogP contribution in [0.1, 0.15) is 25.0 Å². The summed E-state index contributed by atoms with van der Waals surface area (Å²) in [7, 11) is 0. The van der Waals surface area contributed by atoms with Gasteiger partial charge in [-0.15, -0.1) is 0 Å². The van der Waals surface area contributed by atoms with Gasteiger partial charge in [0.2, 0.25) is 0 Å². The Balaban J connectivity index is 2.65. The number of amides is 2. The van der Waals surface area contributed by atoms with Crippen LogP contribution in [0.15, 0.2) is 18.2 Å². The third-order valence-electron chi connectivity index (χ3n) is 2.61. The first kappa shape index (κ1) is 13.5. The fourth-order valence-corrected chi connectivity index (χ4v) is 1.33. The van der Waals surface area contributed by atoms with E-state index in [1.807, 2.05) is 32.0 Å². The number of carbonyl (C=O) groups excluding carboxylic acids is 1. The van der Waals surface area contributed by atoms with Gasteiger partial charge in [-0.2, -0.15) is 0 Å². The fraction of sp³-hybridized carbons (Fsp3) is 0.462. The van der Waals surface area contributed by atoms with Crippen molar-refractivity contribution in [1.82, 2.24) is 5.32 Å². The standard InChI is InChI=1S/C13H20N2O2/c1-9-5-6-11(7-10(9)2)14-12(17)15-13(3,4)8-16/h5-7,16H,8H2,1-4H3,(H2,14,15,17). The normalized spacial score (nSPS) is 11.1. The zero-order valence-electron chi connectivity index (χ0n) is 10.8. The quantitative estimate of drug-likeness (QED) is 0.753. The second kappa shape index (κ2) is 5.19. The van der Waals surface area contributed by atoms with E-state index in [9.17, 15) is 4.79 Å². The highest BCUT2D eigenvalue weighted by atomic mass is 16.3. The number of hydrogen-bond acceptors (Lipinski definition) is 2. The minimum Gasteiger partial charge on any atom is -0.394 e. The third kappa shape index (κ3) is 4.07. The predicted octanol–water partition coefficient (Wildman–Crippen LogP) is 2.20. The smallest absolute Gasteiger partial charge is 0.319 e. The second-order valence-corrected chi connectivity index (χ2v) is 4.92.